The highest BCUT2D eigenvalue weighted by molar-refractivity contribution is 6.76. The van der Waals surface area contributed by atoms with E-state index >= 15 is 0 Å². The molecule has 156 valence electrons. The van der Waals surface area contributed by atoms with Gasteiger partial charge in [0.25, 0.3) is 0 Å². The van der Waals surface area contributed by atoms with E-state index in [0.29, 0.717) is 18.2 Å². The van der Waals surface area contributed by atoms with Gasteiger partial charge in [0.05, 0.1) is 5.39 Å². The van der Waals surface area contributed by atoms with Crippen LogP contribution in [0.5, 0.6) is 11.5 Å². The molecule has 29 heavy (non-hydrogen) atoms. The van der Waals surface area contributed by atoms with Crippen LogP contribution in [0.25, 0.3) is 11.0 Å². The quantitative estimate of drug-likeness (QED) is 0.279. The number of hydrogen-bond donors (Lipinski definition) is 1. The smallest absolute Gasteiger partial charge is 0.167 e. The molecule has 0 amide bonds. The summed E-state index contributed by atoms with van der Waals surface area (Å²) in [5, 5.41) is 0.834. The minimum Gasteiger partial charge on any atom is -0.453 e. The molecular formula is C22H30FN3O2Si. The fraction of sp³-hybridized carbons (Fsp3) is 0.409. The number of aromatic nitrogens is 2. The second kappa shape index (κ2) is 8.55. The topological polar surface area (TPSA) is 62.3 Å². The number of benzene rings is 1. The van der Waals surface area contributed by atoms with Crippen LogP contribution in [0.15, 0.2) is 36.5 Å². The first-order chi connectivity index (χ1) is 13.7. The van der Waals surface area contributed by atoms with E-state index in [-0.39, 0.29) is 11.7 Å². The van der Waals surface area contributed by atoms with Crippen molar-refractivity contribution in [2.24, 2.45) is 0 Å². The third kappa shape index (κ3) is 5.16. The molecule has 0 unspecified atom stereocenters. The molecular weight excluding hydrogens is 385 g/mol. The van der Waals surface area contributed by atoms with Crippen LogP contribution >= 0.6 is 0 Å². The molecule has 0 atom stereocenters. The van der Waals surface area contributed by atoms with Crippen molar-refractivity contribution in [3.8, 4) is 11.5 Å². The average molecular weight is 416 g/mol. The van der Waals surface area contributed by atoms with Crippen molar-refractivity contribution >= 4 is 24.8 Å². The van der Waals surface area contributed by atoms with E-state index in [1.165, 1.54) is 12.1 Å². The molecule has 2 aromatic heterocycles. The molecule has 0 aliphatic heterocycles. The van der Waals surface area contributed by atoms with Gasteiger partial charge in [-0.2, -0.15) is 0 Å². The van der Waals surface area contributed by atoms with Gasteiger partial charge in [0, 0.05) is 38.3 Å². The molecule has 1 aromatic carbocycles. The highest BCUT2D eigenvalue weighted by atomic mass is 28.3. The molecule has 3 rings (SSSR count). The van der Waals surface area contributed by atoms with Crippen molar-refractivity contribution < 1.29 is 13.9 Å². The zero-order valence-corrected chi connectivity index (χ0v) is 18.8. The first-order valence-electron chi connectivity index (χ1n) is 9.94. The van der Waals surface area contributed by atoms with E-state index in [1.807, 2.05) is 0 Å². The predicted molar refractivity (Wildman–Crippen MR) is 119 cm³/mol. The van der Waals surface area contributed by atoms with Crippen LogP contribution in [-0.2, 0) is 11.5 Å². The Morgan fingerprint density at radius 1 is 1.14 bits per heavy atom. The zero-order chi connectivity index (χ0) is 21.2. The first-order valence-corrected chi connectivity index (χ1v) is 13.6. The maximum absolute atomic E-state index is 14.2. The summed E-state index contributed by atoms with van der Waals surface area (Å²) in [6.45, 7) is 12.4. The number of nitrogens with zero attached hydrogens (tertiary/aromatic N) is 2. The van der Waals surface area contributed by atoms with Gasteiger partial charge in [-0.1, -0.05) is 33.5 Å². The van der Waals surface area contributed by atoms with E-state index in [2.05, 4.69) is 49.1 Å². The number of rotatable bonds is 8. The van der Waals surface area contributed by atoms with E-state index in [4.69, 9.17) is 15.2 Å². The summed E-state index contributed by atoms with van der Waals surface area (Å²) in [5.41, 5.74) is 7.87. The lowest BCUT2D eigenvalue weighted by Gasteiger charge is -2.17. The SMILES string of the molecule is CC(C)c1cc2c(Oc3ccc(N)cc3F)ccnc2n1COCC[Si](C)(C)C. The van der Waals surface area contributed by atoms with Crippen LogP contribution in [0.1, 0.15) is 25.5 Å². The van der Waals surface area contributed by atoms with E-state index < -0.39 is 13.9 Å². The number of nitrogens with two attached hydrogens (primary N) is 1. The molecule has 0 saturated carbocycles. The molecule has 0 bridgehead atoms. The lowest BCUT2D eigenvalue weighted by molar-refractivity contribution is 0.0876. The molecule has 0 saturated heterocycles. The first kappa shape index (κ1) is 21.3. The molecule has 0 radical (unpaired) electrons. The summed E-state index contributed by atoms with van der Waals surface area (Å²) in [6.07, 6.45) is 1.68. The van der Waals surface area contributed by atoms with Crippen molar-refractivity contribution in [3.05, 3.63) is 48.0 Å². The Kier molecular flexibility index (Phi) is 6.29. The molecule has 0 aliphatic carbocycles. The highest BCUT2D eigenvalue weighted by Gasteiger charge is 2.18. The minimum atomic E-state index is -1.14. The zero-order valence-electron chi connectivity index (χ0n) is 17.8. The fourth-order valence-corrected chi connectivity index (χ4v) is 3.86. The van der Waals surface area contributed by atoms with Gasteiger partial charge in [-0.25, -0.2) is 9.37 Å². The Morgan fingerprint density at radius 3 is 2.55 bits per heavy atom. The highest BCUT2D eigenvalue weighted by Crippen LogP contribution is 2.34. The summed E-state index contributed by atoms with van der Waals surface area (Å²) in [6, 6.07) is 9.33. The third-order valence-electron chi connectivity index (χ3n) is 4.77. The molecule has 0 fully saturated rings. The summed E-state index contributed by atoms with van der Waals surface area (Å²) >= 11 is 0. The van der Waals surface area contributed by atoms with E-state index in [0.717, 1.165) is 29.4 Å². The monoisotopic (exact) mass is 415 g/mol. The summed E-state index contributed by atoms with van der Waals surface area (Å²) in [5.74, 6) is 0.484. The van der Waals surface area contributed by atoms with Gasteiger partial charge >= 0.3 is 0 Å². The molecule has 7 heteroatoms. The largest absolute Gasteiger partial charge is 0.453 e. The molecule has 2 N–H and O–H groups in total. The number of anilines is 1. The van der Waals surface area contributed by atoms with Crippen molar-refractivity contribution in [1.29, 1.82) is 0 Å². The minimum absolute atomic E-state index is 0.136. The number of ether oxygens (including phenoxy) is 2. The van der Waals surface area contributed by atoms with E-state index in [9.17, 15) is 4.39 Å². The summed E-state index contributed by atoms with van der Waals surface area (Å²) in [7, 11) is -1.14. The maximum atomic E-state index is 14.2. The van der Waals surface area contributed by atoms with E-state index in [1.54, 1.807) is 18.3 Å². The second-order valence-corrected chi connectivity index (χ2v) is 14.5. The second-order valence-electron chi connectivity index (χ2n) is 8.84. The van der Waals surface area contributed by atoms with Crippen molar-refractivity contribution in [2.45, 2.75) is 52.2 Å². The Balaban J connectivity index is 1.91. The third-order valence-corrected chi connectivity index (χ3v) is 6.48. The van der Waals surface area contributed by atoms with Gasteiger partial charge in [0.2, 0.25) is 0 Å². The molecule has 0 aliphatic rings. The Bertz CT molecular complexity index is 996. The van der Waals surface area contributed by atoms with Crippen molar-refractivity contribution in [1.82, 2.24) is 9.55 Å². The molecule has 5 nitrogen and oxygen atoms in total. The van der Waals surface area contributed by atoms with Gasteiger partial charge in [0.1, 0.15) is 18.1 Å². The van der Waals surface area contributed by atoms with Gasteiger partial charge in [-0.15, -0.1) is 0 Å². The number of halogens is 1. The maximum Gasteiger partial charge on any atom is 0.167 e. The van der Waals surface area contributed by atoms with Crippen LogP contribution < -0.4 is 10.5 Å². The molecule has 2 heterocycles. The molecule has 0 spiro atoms. The Morgan fingerprint density at radius 2 is 1.90 bits per heavy atom. The average Bonchev–Trinajstić information content (AvgIpc) is 3.00. The molecule has 3 aromatic rings. The number of pyridine rings is 1. The van der Waals surface area contributed by atoms with Gasteiger partial charge in [-0.05, 0) is 36.2 Å². The normalized spacial score (nSPS) is 12.1. The van der Waals surface area contributed by atoms with Gasteiger partial charge < -0.3 is 19.8 Å². The standard InChI is InChI=1S/C22H30FN3O2Si/c1-15(2)19-13-17-20(28-21-7-6-16(24)12-18(21)23)8-9-25-22(17)26(19)14-27-10-11-29(3,4)5/h6-9,12-13,15H,10-11,14,24H2,1-5H3. The van der Waals surface area contributed by atoms with Gasteiger partial charge in [0.15, 0.2) is 11.6 Å². The van der Waals surface area contributed by atoms with Crippen LogP contribution in [0.2, 0.25) is 25.7 Å². The lowest BCUT2D eigenvalue weighted by Crippen LogP contribution is -2.22. The number of fused-ring (bicyclic) bond motifs is 1. The van der Waals surface area contributed by atoms with Crippen LogP contribution in [-0.4, -0.2) is 24.2 Å². The van der Waals surface area contributed by atoms with Crippen LogP contribution in [0.4, 0.5) is 10.1 Å². The fourth-order valence-electron chi connectivity index (χ4n) is 3.10. The van der Waals surface area contributed by atoms with Crippen molar-refractivity contribution in [2.75, 3.05) is 12.3 Å². The van der Waals surface area contributed by atoms with Crippen molar-refractivity contribution in [3.63, 3.8) is 0 Å². The van der Waals surface area contributed by atoms with Crippen LogP contribution in [0.3, 0.4) is 0 Å². The number of nitrogen functional groups attached to an aromatic ring is 1. The Labute approximate surface area is 172 Å². The number of hydrogen-bond acceptors (Lipinski definition) is 4. The summed E-state index contributed by atoms with van der Waals surface area (Å²) < 4.78 is 28.2. The predicted octanol–water partition coefficient (Wildman–Crippen LogP) is 5.99. The van der Waals surface area contributed by atoms with Crippen LogP contribution in [0, 0.1) is 5.82 Å². The Hall–Kier alpha value is -2.38. The van der Waals surface area contributed by atoms with Gasteiger partial charge in [-0.3, -0.25) is 0 Å². The summed E-state index contributed by atoms with van der Waals surface area (Å²) in [4.78, 5) is 4.55. The lowest BCUT2D eigenvalue weighted by atomic mass is 10.1.